The van der Waals surface area contributed by atoms with E-state index < -0.39 is 104 Å². The maximum absolute atomic E-state index is 11.1. The Morgan fingerprint density at radius 3 is 2.06 bits per heavy atom. The maximum atomic E-state index is 11.1. The van der Waals surface area contributed by atoms with E-state index in [9.17, 15) is 40.9 Å². The van der Waals surface area contributed by atoms with E-state index in [2.05, 4.69) is 5.32 Å². The molecule has 0 aromatic rings. The van der Waals surface area contributed by atoms with E-state index in [1.807, 2.05) is 0 Å². The molecule has 2 saturated heterocycles. The lowest BCUT2D eigenvalue weighted by atomic mass is 9.82. The molecule has 13 N–H and O–H groups in total. The van der Waals surface area contributed by atoms with Gasteiger partial charge in [0.2, 0.25) is 0 Å². The molecule has 0 aromatic carbocycles. The molecule has 34 heavy (non-hydrogen) atoms. The summed E-state index contributed by atoms with van der Waals surface area (Å²) in [5, 5.41) is 84.6. The predicted octanol–water partition coefficient (Wildman–Crippen LogP) is -7.00. The molecular weight excluding hydrogens is 462 g/mol. The van der Waals surface area contributed by atoms with Crippen molar-refractivity contribution < 1.29 is 59.8 Å². The highest BCUT2D eigenvalue weighted by Crippen LogP contribution is 2.38. The van der Waals surface area contributed by atoms with Crippen LogP contribution in [0.2, 0.25) is 0 Å². The SMILES string of the molecule is CNC1C(OC2C(OC3C(N)C(O)C(N)C(O)C3O)OC(C)C2(O)CO)OC(CO)C(O)C1O. The van der Waals surface area contributed by atoms with Crippen molar-refractivity contribution >= 4 is 0 Å². The Bertz CT molecular complexity index is 664. The van der Waals surface area contributed by atoms with Crippen LogP contribution in [0.4, 0.5) is 0 Å². The van der Waals surface area contributed by atoms with Crippen molar-refractivity contribution in [2.45, 2.75) is 98.2 Å². The van der Waals surface area contributed by atoms with Gasteiger partial charge in [0.05, 0.1) is 43.5 Å². The van der Waals surface area contributed by atoms with Crippen molar-refractivity contribution in [2.75, 3.05) is 20.3 Å². The molecule has 200 valence electrons. The van der Waals surface area contributed by atoms with Crippen molar-refractivity contribution in [3.05, 3.63) is 0 Å². The van der Waals surface area contributed by atoms with Gasteiger partial charge in [0.25, 0.3) is 0 Å². The lowest BCUT2D eigenvalue weighted by Crippen LogP contribution is -2.70. The molecule has 0 radical (unpaired) electrons. The number of aliphatic hydroxyl groups excluding tert-OH is 7. The Kier molecular flexibility index (Phi) is 8.88. The van der Waals surface area contributed by atoms with E-state index in [-0.39, 0.29) is 0 Å². The average Bonchev–Trinajstić information content (AvgIpc) is 3.06. The van der Waals surface area contributed by atoms with Gasteiger partial charge in [-0.05, 0) is 14.0 Å². The van der Waals surface area contributed by atoms with Crippen LogP contribution in [0.1, 0.15) is 6.92 Å². The second kappa shape index (κ2) is 10.8. The molecule has 1 saturated carbocycles. The summed E-state index contributed by atoms with van der Waals surface area (Å²) in [6, 6.07) is -3.51. The third-order valence-corrected chi connectivity index (χ3v) is 7.07. The van der Waals surface area contributed by atoms with Gasteiger partial charge in [0.1, 0.15) is 48.3 Å². The maximum Gasteiger partial charge on any atom is 0.187 e. The number of hydrogen-bond donors (Lipinski definition) is 11. The third-order valence-electron chi connectivity index (χ3n) is 7.07. The van der Waals surface area contributed by atoms with Gasteiger partial charge in [-0.1, -0.05) is 0 Å². The van der Waals surface area contributed by atoms with Gasteiger partial charge in [-0.2, -0.15) is 0 Å². The monoisotopic (exact) mass is 499 g/mol. The van der Waals surface area contributed by atoms with E-state index in [0.717, 1.165) is 0 Å². The number of ether oxygens (including phenoxy) is 4. The predicted molar refractivity (Wildman–Crippen MR) is 111 cm³/mol. The summed E-state index contributed by atoms with van der Waals surface area (Å²) >= 11 is 0. The Hall–Kier alpha value is -0.600. The second-order valence-corrected chi connectivity index (χ2v) is 9.10. The number of rotatable bonds is 7. The molecule has 3 rings (SSSR count). The zero-order valence-electron chi connectivity index (χ0n) is 18.9. The minimum absolute atomic E-state index is 0.643. The van der Waals surface area contributed by atoms with Crippen LogP contribution in [0.25, 0.3) is 0 Å². The molecule has 0 amide bonds. The second-order valence-electron chi connectivity index (χ2n) is 9.10. The largest absolute Gasteiger partial charge is 0.394 e. The molecule has 15 heteroatoms. The van der Waals surface area contributed by atoms with Crippen LogP contribution in [0, 0.1) is 0 Å². The van der Waals surface area contributed by atoms with Crippen LogP contribution >= 0.6 is 0 Å². The molecule has 15 unspecified atom stereocenters. The fraction of sp³-hybridized carbons (Fsp3) is 1.00. The summed E-state index contributed by atoms with van der Waals surface area (Å²) in [5.41, 5.74) is 9.59. The van der Waals surface area contributed by atoms with Gasteiger partial charge in [0.15, 0.2) is 12.6 Å². The van der Waals surface area contributed by atoms with Gasteiger partial charge >= 0.3 is 0 Å². The van der Waals surface area contributed by atoms with Gasteiger partial charge in [-0.15, -0.1) is 0 Å². The first-order chi connectivity index (χ1) is 15.9. The Morgan fingerprint density at radius 2 is 1.50 bits per heavy atom. The molecule has 0 spiro atoms. The lowest BCUT2D eigenvalue weighted by Gasteiger charge is -2.46. The first-order valence-corrected chi connectivity index (χ1v) is 11.1. The summed E-state index contributed by atoms with van der Waals surface area (Å²) in [5.74, 6) is 0. The molecule has 3 fully saturated rings. The first kappa shape index (κ1) is 28.0. The molecule has 0 aromatic heterocycles. The number of aliphatic hydroxyl groups is 8. The summed E-state index contributed by atoms with van der Waals surface area (Å²) in [6.07, 6.45) is -15.5. The van der Waals surface area contributed by atoms with Crippen molar-refractivity contribution in [1.82, 2.24) is 5.32 Å². The lowest BCUT2D eigenvalue weighted by molar-refractivity contribution is -0.317. The highest BCUT2D eigenvalue weighted by molar-refractivity contribution is 5.06. The van der Waals surface area contributed by atoms with Crippen molar-refractivity contribution in [3.63, 3.8) is 0 Å². The molecular formula is C19H37N3O12. The fourth-order valence-corrected chi connectivity index (χ4v) is 4.64. The van der Waals surface area contributed by atoms with Crippen LogP contribution in [0.5, 0.6) is 0 Å². The molecule has 0 bridgehead atoms. The number of hydrogen-bond acceptors (Lipinski definition) is 15. The molecule has 15 atom stereocenters. The Labute approximate surface area is 195 Å². The summed E-state index contributed by atoms with van der Waals surface area (Å²) in [4.78, 5) is 0. The van der Waals surface area contributed by atoms with E-state index in [4.69, 9.17) is 30.4 Å². The van der Waals surface area contributed by atoms with Gasteiger partial charge in [-0.3, -0.25) is 0 Å². The third kappa shape index (κ3) is 4.72. The minimum Gasteiger partial charge on any atom is -0.394 e. The molecule has 2 aliphatic heterocycles. The van der Waals surface area contributed by atoms with E-state index in [1.54, 1.807) is 0 Å². The smallest absolute Gasteiger partial charge is 0.187 e. The van der Waals surface area contributed by atoms with Crippen LogP contribution in [-0.2, 0) is 18.9 Å². The molecule has 1 aliphatic carbocycles. The van der Waals surface area contributed by atoms with E-state index >= 15 is 0 Å². The summed E-state index contributed by atoms with van der Waals surface area (Å²) < 4.78 is 22.8. The van der Waals surface area contributed by atoms with Crippen molar-refractivity contribution in [3.8, 4) is 0 Å². The molecule has 2 heterocycles. The zero-order valence-corrected chi connectivity index (χ0v) is 18.9. The molecule has 3 aliphatic rings. The average molecular weight is 500 g/mol. The van der Waals surface area contributed by atoms with Gasteiger partial charge < -0.3 is 76.6 Å². The van der Waals surface area contributed by atoms with Crippen LogP contribution in [0.3, 0.4) is 0 Å². The van der Waals surface area contributed by atoms with Crippen molar-refractivity contribution in [2.24, 2.45) is 11.5 Å². The topological polar surface area (TPSA) is 263 Å². The first-order valence-electron chi connectivity index (χ1n) is 11.1. The summed E-state index contributed by atoms with van der Waals surface area (Å²) in [6.45, 7) is -0.0612. The number of likely N-dealkylation sites (N-methyl/N-ethyl adjacent to an activating group) is 1. The normalized spacial score (nSPS) is 54.4. The standard InChI is InChI=1S/C19H37N3O12/c1-5-19(30,4-24)16(34-17-9(22-2)13(28)10(25)6(3-23)32-17)18(31-5)33-15-8(21)11(26)7(20)12(27)14(15)29/h5-18,22-30H,3-4,20-21H2,1-2H3. The summed E-state index contributed by atoms with van der Waals surface area (Å²) in [7, 11) is 1.46. The quantitative estimate of drug-likeness (QED) is 0.155. The van der Waals surface area contributed by atoms with E-state index in [0.29, 0.717) is 0 Å². The van der Waals surface area contributed by atoms with E-state index in [1.165, 1.54) is 14.0 Å². The fourth-order valence-electron chi connectivity index (χ4n) is 4.64. The van der Waals surface area contributed by atoms with Crippen LogP contribution in [-0.4, -0.2) is 152 Å². The van der Waals surface area contributed by atoms with Gasteiger partial charge in [-0.25, -0.2) is 0 Å². The number of nitrogens with two attached hydrogens (primary N) is 2. The Balaban J connectivity index is 1.86. The minimum atomic E-state index is -2.06. The van der Waals surface area contributed by atoms with Gasteiger partial charge in [0, 0.05) is 0 Å². The number of nitrogens with one attached hydrogen (secondary N) is 1. The highest BCUT2D eigenvalue weighted by atomic mass is 16.8. The van der Waals surface area contributed by atoms with Crippen LogP contribution < -0.4 is 16.8 Å². The molecule has 15 nitrogen and oxygen atoms in total. The van der Waals surface area contributed by atoms with Crippen molar-refractivity contribution in [1.29, 1.82) is 0 Å². The Morgan fingerprint density at radius 1 is 0.853 bits per heavy atom. The highest BCUT2D eigenvalue weighted by Gasteiger charge is 2.59. The zero-order chi connectivity index (χ0) is 25.5. The van der Waals surface area contributed by atoms with Crippen LogP contribution in [0.15, 0.2) is 0 Å².